The van der Waals surface area contributed by atoms with Gasteiger partial charge in [0.05, 0.1) is 5.54 Å². The summed E-state index contributed by atoms with van der Waals surface area (Å²) in [5.74, 6) is 0.691. The number of nitrogens with one attached hydrogen (secondary N) is 2. The zero-order valence-electron chi connectivity index (χ0n) is 21.0. The average Bonchev–Trinajstić information content (AvgIpc) is 2.82. The summed E-state index contributed by atoms with van der Waals surface area (Å²) in [7, 11) is 0. The molecule has 2 aromatic carbocycles. The number of hydrogen-bond acceptors (Lipinski definition) is 5. The maximum Gasteiger partial charge on any atom is 0.258 e. The highest BCUT2D eigenvalue weighted by molar-refractivity contribution is 5.96. The molecular weight excluding hydrogens is 444 g/mol. The van der Waals surface area contributed by atoms with Crippen LogP contribution in [0.2, 0.25) is 0 Å². The van der Waals surface area contributed by atoms with Crippen molar-refractivity contribution in [2.45, 2.75) is 70.9 Å². The Morgan fingerprint density at radius 2 is 1.23 bits per heavy atom. The van der Waals surface area contributed by atoms with E-state index in [0.29, 0.717) is 37.2 Å². The van der Waals surface area contributed by atoms with Crippen molar-refractivity contribution < 1.29 is 23.9 Å². The van der Waals surface area contributed by atoms with Crippen molar-refractivity contribution in [1.29, 1.82) is 0 Å². The highest BCUT2D eigenvalue weighted by Crippen LogP contribution is 2.44. The number of amides is 2. The molecule has 2 aromatic rings. The molecule has 3 aliphatic rings. The molecular formula is C28H34N2O5. The molecule has 186 valence electrons. The number of rotatable bonds is 8. The van der Waals surface area contributed by atoms with Crippen molar-refractivity contribution in [1.82, 2.24) is 10.6 Å². The number of ether oxygens (including phenoxy) is 2. The van der Waals surface area contributed by atoms with Crippen LogP contribution in [0.25, 0.3) is 0 Å². The van der Waals surface area contributed by atoms with Crippen LogP contribution in [0.1, 0.15) is 54.4 Å². The van der Waals surface area contributed by atoms with Crippen LogP contribution in [0, 0.1) is 27.7 Å². The van der Waals surface area contributed by atoms with Crippen LogP contribution in [0.15, 0.2) is 36.4 Å². The standard InChI is InChI=1S/C28H34N2O5/c1-18-5-7-22(13-20(18)3)34-16-25(32)29-27-9-11-28(12-10-27,24(31)15-27)30-26(33)17-35-23-8-6-19(2)21(4)14-23/h5-8,13-14H,9-12,15-17H2,1-4H3,(H,29,32)(H,30,33). The topological polar surface area (TPSA) is 93.7 Å². The van der Waals surface area contributed by atoms with Gasteiger partial charge in [0.1, 0.15) is 11.5 Å². The first-order chi connectivity index (χ1) is 16.6. The normalized spacial score (nSPS) is 23.0. The third-order valence-corrected chi connectivity index (χ3v) is 7.57. The van der Waals surface area contributed by atoms with Crippen LogP contribution in [-0.4, -0.2) is 41.9 Å². The molecule has 5 rings (SSSR count). The van der Waals surface area contributed by atoms with E-state index in [9.17, 15) is 14.4 Å². The Labute approximate surface area is 206 Å². The van der Waals surface area contributed by atoms with Gasteiger partial charge in [0.2, 0.25) is 0 Å². The number of carbonyl (C=O) groups excluding carboxylic acids is 3. The summed E-state index contributed by atoms with van der Waals surface area (Å²) in [4.78, 5) is 38.3. The van der Waals surface area contributed by atoms with Crippen molar-refractivity contribution in [3.8, 4) is 11.5 Å². The second kappa shape index (κ2) is 9.72. The summed E-state index contributed by atoms with van der Waals surface area (Å²) >= 11 is 0. The van der Waals surface area contributed by atoms with Gasteiger partial charge in [-0.3, -0.25) is 14.4 Å². The molecule has 3 saturated carbocycles. The molecule has 0 spiro atoms. The Kier molecular flexibility index (Phi) is 6.88. The Hall–Kier alpha value is -3.35. The van der Waals surface area contributed by atoms with Crippen LogP contribution < -0.4 is 20.1 Å². The highest BCUT2D eigenvalue weighted by atomic mass is 16.5. The summed E-state index contributed by atoms with van der Waals surface area (Å²) in [6.45, 7) is 7.78. The predicted octanol–water partition coefficient (Wildman–Crippen LogP) is 3.63. The van der Waals surface area contributed by atoms with Crippen molar-refractivity contribution in [2.75, 3.05) is 13.2 Å². The van der Waals surface area contributed by atoms with Gasteiger partial charge in [0, 0.05) is 12.0 Å². The largest absolute Gasteiger partial charge is 0.484 e. The summed E-state index contributed by atoms with van der Waals surface area (Å²) < 4.78 is 11.3. The summed E-state index contributed by atoms with van der Waals surface area (Å²) in [5, 5.41) is 5.99. The molecule has 2 N–H and O–H groups in total. The number of aryl methyl sites for hydroxylation is 4. The quantitative estimate of drug-likeness (QED) is 0.604. The third-order valence-electron chi connectivity index (χ3n) is 7.57. The second-order valence-corrected chi connectivity index (χ2v) is 10.1. The fourth-order valence-corrected chi connectivity index (χ4v) is 4.99. The molecule has 35 heavy (non-hydrogen) atoms. The van der Waals surface area contributed by atoms with Crippen molar-refractivity contribution in [3.63, 3.8) is 0 Å². The third kappa shape index (κ3) is 5.50. The lowest BCUT2D eigenvalue weighted by Gasteiger charge is -2.52. The molecule has 0 heterocycles. The lowest BCUT2D eigenvalue weighted by molar-refractivity contribution is -0.143. The summed E-state index contributed by atoms with van der Waals surface area (Å²) in [6.07, 6.45) is 2.47. The number of carbonyl (C=O) groups is 3. The molecule has 0 unspecified atom stereocenters. The van der Waals surface area contributed by atoms with E-state index in [2.05, 4.69) is 10.6 Å². The van der Waals surface area contributed by atoms with E-state index in [0.717, 1.165) is 22.3 Å². The first-order valence-electron chi connectivity index (χ1n) is 12.2. The number of fused-ring (bicyclic) bond motifs is 3. The van der Waals surface area contributed by atoms with E-state index in [1.165, 1.54) is 0 Å². The Morgan fingerprint density at radius 3 is 1.69 bits per heavy atom. The van der Waals surface area contributed by atoms with Gasteiger partial charge >= 0.3 is 0 Å². The van der Waals surface area contributed by atoms with E-state index in [4.69, 9.17) is 9.47 Å². The van der Waals surface area contributed by atoms with E-state index < -0.39 is 11.1 Å². The van der Waals surface area contributed by atoms with E-state index >= 15 is 0 Å². The molecule has 0 aliphatic heterocycles. The van der Waals surface area contributed by atoms with Crippen molar-refractivity contribution >= 4 is 17.6 Å². The van der Waals surface area contributed by atoms with E-state index in [1.807, 2.05) is 64.1 Å². The zero-order valence-corrected chi connectivity index (χ0v) is 21.0. The van der Waals surface area contributed by atoms with Gasteiger partial charge in [-0.05, 0) is 99.9 Å². The van der Waals surface area contributed by atoms with Gasteiger partial charge in [-0.2, -0.15) is 0 Å². The number of ketones is 1. The fourth-order valence-electron chi connectivity index (χ4n) is 4.99. The molecule has 0 saturated heterocycles. The van der Waals surface area contributed by atoms with Crippen LogP contribution in [0.5, 0.6) is 11.5 Å². The highest BCUT2D eigenvalue weighted by Gasteiger charge is 2.55. The monoisotopic (exact) mass is 478 g/mol. The van der Waals surface area contributed by atoms with Crippen LogP contribution in [0.3, 0.4) is 0 Å². The van der Waals surface area contributed by atoms with Gasteiger partial charge in [-0.25, -0.2) is 0 Å². The zero-order chi connectivity index (χ0) is 25.2. The van der Waals surface area contributed by atoms with Gasteiger partial charge < -0.3 is 20.1 Å². The van der Waals surface area contributed by atoms with Crippen molar-refractivity contribution in [3.05, 3.63) is 58.7 Å². The average molecular weight is 479 g/mol. The molecule has 0 aromatic heterocycles. The SMILES string of the molecule is Cc1ccc(OCC(=O)NC23CCC(NC(=O)COc4ccc(C)c(C)c4)(CC2)C(=O)C3)cc1C. The molecule has 2 bridgehead atoms. The second-order valence-electron chi connectivity index (χ2n) is 10.1. The lowest BCUT2D eigenvalue weighted by Crippen LogP contribution is -2.69. The first-order valence-corrected chi connectivity index (χ1v) is 12.2. The van der Waals surface area contributed by atoms with Crippen LogP contribution in [0.4, 0.5) is 0 Å². The molecule has 3 aliphatic carbocycles. The Bertz CT molecular complexity index is 1150. The Morgan fingerprint density at radius 1 is 0.743 bits per heavy atom. The molecule has 7 nitrogen and oxygen atoms in total. The van der Waals surface area contributed by atoms with E-state index in [1.54, 1.807) is 0 Å². The minimum absolute atomic E-state index is 0.0371. The molecule has 0 radical (unpaired) electrons. The van der Waals surface area contributed by atoms with Gasteiger partial charge in [0.15, 0.2) is 19.0 Å². The molecule has 0 atom stereocenters. The number of hydrogen-bond donors (Lipinski definition) is 2. The maximum absolute atomic E-state index is 13.1. The Balaban J connectivity index is 1.28. The smallest absolute Gasteiger partial charge is 0.258 e. The summed E-state index contributed by atoms with van der Waals surface area (Å²) in [6, 6.07) is 11.4. The minimum atomic E-state index is -0.869. The van der Waals surface area contributed by atoms with Gasteiger partial charge in [-0.1, -0.05) is 12.1 Å². The minimum Gasteiger partial charge on any atom is -0.484 e. The number of Topliss-reactive ketones (excluding diaryl/α,β-unsaturated/α-hetero) is 1. The summed E-state index contributed by atoms with van der Waals surface area (Å²) in [5.41, 5.74) is 3.08. The maximum atomic E-state index is 13.1. The molecule has 3 fully saturated rings. The lowest BCUT2D eigenvalue weighted by atomic mass is 9.60. The molecule has 2 amide bonds. The van der Waals surface area contributed by atoms with Crippen LogP contribution in [-0.2, 0) is 14.4 Å². The van der Waals surface area contributed by atoms with Gasteiger partial charge in [-0.15, -0.1) is 0 Å². The number of benzene rings is 2. The van der Waals surface area contributed by atoms with Crippen molar-refractivity contribution in [2.24, 2.45) is 0 Å². The first kappa shape index (κ1) is 24.8. The van der Waals surface area contributed by atoms with E-state index in [-0.39, 0.29) is 37.2 Å². The fraction of sp³-hybridized carbons (Fsp3) is 0.464. The van der Waals surface area contributed by atoms with Gasteiger partial charge in [0.25, 0.3) is 11.8 Å². The molecule has 7 heteroatoms. The predicted molar refractivity (Wildman–Crippen MR) is 133 cm³/mol. The van der Waals surface area contributed by atoms with Crippen LogP contribution >= 0.6 is 0 Å².